The van der Waals surface area contributed by atoms with Crippen LogP contribution in [-0.4, -0.2) is 4.98 Å². The number of fused-ring (bicyclic) bond motifs is 1. The summed E-state index contributed by atoms with van der Waals surface area (Å²) in [5.74, 6) is 0. The van der Waals surface area contributed by atoms with Crippen molar-refractivity contribution in [2.75, 3.05) is 0 Å². The van der Waals surface area contributed by atoms with Crippen LogP contribution in [0.15, 0.2) is 28.9 Å². The van der Waals surface area contributed by atoms with E-state index in [1.165, 1.54) is 0 Å². The van der Waals surface area contributed by atoms with E-state index in [1.807, 2.05) is 12.1 Å². The Morgan fingerprint density at radius 1 is 1.23 bits per heavy atom. The van der Waals surface area contributed by atoms with Crippen molar-refractivity contribution < 1.29 is 0 Å². The smallest absolute Gasteiger partial charge is 0.0904 e. The molecule has 0 bridgehead atoms. The van der Waals surface area contributed by atoms with Gasteiger partial charge in [0.25, 0.3) is 0 Å². The number of rotatable bonds is 0. The number of benzene rings is 1. The number of hydrogen-bond donors (Lipinski definition) is 0. The zero-order valence-electron chi connectivity index (χ0n) is 6.39. The van der Waals surface area contributed by atoms with Crippen molar-refractivity contribution in [2.24, 2.45) is 0 Å². The predicted molar refractivity (Wildman–Crippen MR) is 59.5 cm³/mol. The highest BCUT2D eigenvalue weighted by Gasteiger charge is 2.04. The van der Waals surface area contributed by atoms with Gasteiger partial charge >= 0.3 is 0 Å². The van der Waals surface area contributed by atoms with Crippen LogP contribution in [0.1, 0.15) is 0 Å². The second-order valence-corrected chi connectivity index (χ2v) is 4.29. The van der Waals surface area contributed by atoms with Crippen molar-refractivity contribution in [3.63, 3.8) is 0 Å². The summed E-state index contributed by atoms with van der Waals surface area (Å²) in [6.45, 7) is 0. The van der Waals surface area contributed by atoms with Crippen molar-refractivity contribution in [2.45, 2.75) is 0 Å². The molecule has 1 aromatic heterocycles. The number of nitrogens with zero attached hydrogens (tertiary/aromatic N) is 1. The van der Waals surface area contributed by atoms with Crippen LogP contribution in [0, 0.1) is 0 Å². The molecule has 0 fully saturated rings. The summed E-state index contributed by atoms with van der Waals surface area (Å²) in [7, 11) is 0. The monoisotopic (exact) mass is 275 g/mol. The summed E-state index contributed by atoms with van der Waals surface area (Å²) >= 11 is 15.1. The molecule has 2 aromatic rings. The highest BCUT2D eigenvalue weighted by Crippen LogP contribution is 2.30. The first-order valence-corrected chi connectivity index (χ1v) is 5.12. The van der Waals surface area contributed by atoms with Crippen molar-refractivity contribution in [1.82, 2.24) is 4.98 Å². The minimum absolute atomic E-state index is 0.506. The van der Waals surface area contributed by atoms with Crippen molar-refractivity contribution >= 4 is 50.0 Å². The van der Waals surface area contributed by atoms with Gasteiger partial charge in [-0.15, -0.1) is 0 Å². The summed E-state index contributed by atoms with van der Waals surface area (Å²) in [6.07, 6.45) is 1.70. The van der Waals surface area contributed by atoms with Gasteiger partial charge in [0.15, 0.2) is 0 Å². The van der Waals surface area contributed by atoms with Gasteiger partial charge in [0.1, 0.15) is 0 Å². The lowest BCUT2D eigenvalue weighted by Crippen LogP contribution is -1.80. The van der Waals surface area contributed by atoms with Gasteiger partial charge in [-0.1, -0.05) is 29.3 Å². The van der Waals surface area contributed by atoms with Crippen molar-refractivity contribution in [3.05, 3.63) is 38.9 Å². The number of halogens is 3. The first kappa shape index (κ1) is 9.25. The highest BCUT2D eigenvalue weighted by atomic mass is 79.9. The molecule has 13 heavy (non-hydrogen) atoms. The molecule has 0 unspecified atom stereocenters. The molecular weight excluding hydrogens is 273 g/mol. The minimum Gasteiger partial charge on any atom is -0.253 e. The molecule has 0 saturated heterocycles. The van der Waals surface area contributed by atoms with Crippen LogP contribution in [0.5, 0.6) is 0 Å². The largest absolute Gasteiger partial charge is 0.253 e. The fraction of sp³-hybridized carbons (Fsp3) is 0. The van der Waals surface area contributed by atoms with Crippen LogP contribution >= 0.6 is 39.1 Å². The standard InChI is InChI=1S/C9H4BrCl2N/c10-6-3-5-1-2-7(11)8(12)9(5)13-4-6/h1-4H. The van der Waals surface area contributed by atoms with Crippen LogP contribution in [0.2, 0.25) is 10.0 Å². The molecule has 0 aliphatic rings. The van der Waals surface area contributed by atoms with Gasteiger partial charge in [0, 0.05) is 16.1 Å². The molecule has 0 N–H and O–H groups in total. The summed E-state index contributed by atoms with van der Waals surface area (Å²) in [5.41, 5.74) is 0.734. The lowest BCUT2D eigenvalue weighted by Gasteiger charge is -2.01. The van der Waals surface area contributed by atoms with E-state index in [9.17, 15) is 0 Å². The normalized spacial score (nSPS) is 10.7. The highest BCUT2D eigenvalue weighted by molar-refractivity contribution is 9.10. The zero-order chi connectivity index (χ0) is 9.42. The van der Waals surface area contributed by atoms with E-state index in [1.54, 1.807) is 12.3 Å². The van der Waals surface area contributed by atoms with Crippen molar-refractivity contribution in [3.8, 4) is 0 Å². The van der Waals surface area contributed by atoms with E-state index in [4.69, 9.17) is 23.2 Å². The van der Waals surface area contributed by atoms with E-state index < -0.39 is 0 Å². The number of hydrogen-bond acceptors (Lipinski definition) is 1. The van der Waals surface area contributed by atoms with E-state index in [0.717, 1.165) is 15.4 Å². The lowest BCUT2D eigenvalue weighted by molar-refractivity contribution is 1.39. The topological polar surface area (TPSA) is 12.9 Å². The van der Waals surface area contributed by atoms with Crippen molar-refractivity contribution in [1.29, 1.82) is 0 Å². The van der Waals surface area contributed by atoms with E-state index >= 15 is 0 Å². The molecule has 1 heterocycles. The number of pyridine rings is 1. The maximum absolute atomic E-state index is 5.97. The molecule has 0 amide bonds. The molecule has 4 heteroatoms. The molecule has 0 spiro atoms. The SMILES string of the molecule is Clc1ccc2cc(Br)cnc2c1Cl. The molecule has 1 nitrogen and oxygen atoms in total. The van der Waals surface area contributed by atoms with Crippen LogP contribution < -0.4 is 0 Å². The van der Waals surface area contributed by atoms with Crippen LogP contribution in [0.3, 0.4) is 0 Å². The Morgan fingerprint density at radius 3 is 2.77 bits per heavy atom. The van der Waals surface area contributed by atoms with Crippen LogP contribution in [-0.2, 0) is 0 Å². The second kappa shape index (κ2) is 3.45. The summed E-state index contributed by atoms with van der Waals surface area (Å²) in [5, 5.41) is 2.01. The minimum atomic E-state index is 0.506. The fourth-order valence-corrected chi connectivity index (χ4v) is 1.84. The average molecular weight is 277 g/mol. The van der Waals surface area contributed by atoms with Gasteiger partial charge in [-0.05, 0) is 28.1 Å². The van der Waals surface area contributed by atoms with Crippen LogP contribution in [0.25, 0.3) is 10.9 Å². The lowest BCUT2D eigenvalue weighted by atomic mass is 10.2. The summed E-state index contributed by atoms with van der Waals surface area (Å²) < 4.78 is 0.929. The third-order valence-electron chi connectivity index (χ3n) is 1.71. The first-order valence-electron chi connectivity index (χ1n) is 3.58. The van der Waals surface area contributed by atoms with Gasteiger partial charge in [0.2, 0.25) is 0 Å². The first-order chi connectivity index (χ1) is 6.18. The molecule has 0 saturated carbocycles. The maximum atomic E-state index is 5.97. The third-order valence-corrected chi connectivity index (χ3v) is 2.94. The third kappa shape index (κ3) is 1.66. The fourth-order valence-electron chi connectivity index (χ4n) is 1.11. The Labute approximate surface area is 93.8 Å². The molecule has 66 valence electrons. The van der Waals surface area contributed by atoms with Gasteiger partial charge < -0.3 is 0 Å². The predicted octanol–water partition coefficient (Wildman–Crippen LogP) is 4.30. The van der Waals surface area contributed by atoms with Gasteiger partial charge in [0.05, 0.1) is 15.6 Å². The maximum Gasteiger partial charge on any atom is 0.0904 e. The molecule has 2 rings (SSSR count). The van der Waals surface area contributed by atoms with Gasteiger partial charge in [-0.2, -0.15) is 0 Å². The molecule has 0 radical (unpaired) electrons. The molecule has 1 aromatic carbocycles. The molecular formula is C9H4BrCl2N. The Balaban J connectivity index is 2.87. The van der Waals surface area contributed by atoms with E-state index in [2.05, 4.69) is 20.9 Å². The average Bonchev–Trinajstić information content (AvgIpc) is 2.12. The quantitative estimate of drug-likeness (QED) is 0.699. The van der Waals surface area contributed by atoms with E-state index in [0.29, 0.717) is 10.0 Å². The molecule has 0 aliphatic carbocycles. The molecule has 0 atom stereocenters. The summed E-state index contributed by atoms with van der Waals surface area (Å²) in [6, 6.07) is 5.60. The van der Waals surface area contributed by atoms with Crippen LogP contribution in [0.4, 0.5) is 0 Å². The summed E-state index contributed by atoms with van der Waals surface area (Å²) in [4.78, 5) is 4.18. The van der Waals surface area contributed by atoms with Gasteiger partial charge in [-0.25, -0.2) is 0 Å². The Kier molecular flexibility index (Phi) is 2.45. The number of aromatic nitrogens is 1. The Morgan fingerprint density at radius 2 is 2.00 bits per heavy atom. The molecule has 0 aliphatic heterocycles. The second-order valence-electron chi connectivity index (χ2n) is 2.59. The van der Waals surface area contributed by atoms with Gasteiger partial charge in [-0.3, -0.25) is 4.98 Å². The Hall–Kier alpha value is -0.310. The van der Waals surface area contributed by atoms with E-state index in [-0.39, 0.29) is 0 Å². The zero-order valence-corrected chi connectivity index (χ0v) is 9.49. The Bertz CT molecular complexity index is 470.